The molecule has 22 heavy (non-hydrogen) atoms. The van der Waals surface area contributed by atoms with E-state index in [1.807, 2.05) is 0 Å². The van der Waals surface area contributed by atoms with Gasteiger partial charge in [-0.15, -0.1) is 0 Å². The number of H-pyrrole nitrogens is 1. The highest BCUT2D eigenvalue weighted by Gasteiger charge is 2.09. The second kappa shape index (κ2) is 5.40. The topological polar surface area (TPSA) is 74.8 Å². The summed E-state index contributed by atoms with van der Waals surface area (Å²) >= 11 is 0. The molecule has 110 valence electrons. The maximum absolute atomic E-state index is 13.0. The highest BCUT2D eigenvalue weighted by Crippen LogP contribution is 2.25. The van der Waals surface area contributed by atoms with Crippen molar-refractivity contribution < 1.29 is 9.18 Å². The molecule has 0 atom stereocenters. The third-order valence-corrected chi connectivity index (χ3v) is 3.25. The molecular weight excluding hydrogens is 285 g/mol. The van der Waals surface area contributed by atoms with Crippen LogP contribution in [0.2, 0.25) is 0 Å². The van der Waals surface area contributed by atoms with Gasteiger partial charge in [-0.1, -0.05) is 0 Å². The van der Waals surface area contributed by atoms with Gasteiger partial charge >= 0.3 is 0 Å². The van der Waals surface area contributed by atoms with Crippen LogP contribution in [0.3, 0.4) is 0 Å². The molecule has 2 N–H and O–H groups in total. The number of carbonyl (C=O) groups is 1. The molecule has 0 bridgehead atoms. The average Bonchev–Trinajstić information content (AvgIpc) is 2.51. The lowest BCUT2D eigenvalue weighted by molar-refractivity contribution is 0.112. The van der Waals surface area contributed by atoms with Gasteiger partial charge in [0.25, 0.3) is 5.56 Å². The molecule has 2 aromatic carbocycles. The number of aryl methyl sites for hydroxylation is 1. The van der Waals surface area contributed by atoms with Crippen molar-refractivity contribution in [1.82, 2.24) is 9.97 Å². The summed E-state index contributed by atoms with van der Waals surface area (Å²) in [5.74, 6) is -0.338. The van der Waals surface area contributed by atoms with Crippen LogP contribution in [0, 0.1) is 12.7 Å². The summed E-state index contributed by atoms with van der Waals surface area (Å²) in [4.78, 5) is 29.7. The number of aldehydes is 1. The molecule has 0 aliphatic rings. The molecule has 6 heteroatoms. The van der Waals surface area contributed by atoms with Gasteiger partial charge in [0.15, 0.2) is 0 Å². The molecule has 0 radical (unpaired) electrons. The SMILES string of the molecule is Cc1nc2c(Nc3ccc(F)cc3)cc(C=O)cc2[nH]c1=O. The number of aromatic amines is 1. The number of nitrogens with zero attached hydrogens (tertiary/aromatic N) is 1. The number of anilines is 2. The van der Waals surface area contributed by atoms with Crippen molar-refractivity contribution in [3.8, 4) is 0 Å². The largest absolute Gasteiger partial charge is 0.354 e. The Hall–Kier alpha value is -3.02. The Bertz CT molecular complexity index is 917. The van der Waals surface area contributed by atoms with Gasteiger partial charge < -0.3 is 10.3 Å². The van der Waals surface area contributed by atoms with E-state index in [-0.39, 0.29) is 11.4 Å². The van der Waals surface area contributed by atoms with Gasteiger partial charge in [0.2, 0.25) is 0 Å². The van der Waals surface area contributed by atoms with Crippen LogP contribution < -0.4 is 10.9 Å². The zero-order valence-electron chi connectivity index (χ0n) is 11.7. The number of nitrogens with one attached hydrogen (secondary N) is 2. The molecule has 0 aliphatic heterocycles. The third-order valence-electron chi connectivity index (χ3n) is 3.25. The minimum absolute atomic E-state index is 0.303. The third kappa shape index (κ3) is 2.58. The maximum Gasteiger partial charge on any atom is 0.269 e. The van der Waals surface area contributed by atoms with Gasteiger partial charge in [-0.2, -0.15) is 0 Å². The van der Waals surface area contributed by atoms with Gasteiger partial charge in [-0.25, -0.2) is 9.37 Å². The zero-order chi connectivity index (χ0) is 15.7. The molecule has 0 saturated carbocycles. The van der Waals surface area contributed by atoms with Crippen molar-refractivity contribution in [2.24, 2.45) is 0 Å². The summed E-state index contributed by atoms with van der Waals surface area (Å²) in [6.07, 6.45) is 0.688. The van der Waals surface area contributed by atoms with Crippen molar-refractivity contribution in [2.45, 2.75) is 6.92 Å². The van der Waals surface area contributed by atoms with Gasteiger partial charge in [0.05, 0.1) is 11.2 Å². The quantitative estimate of drug-likeness (QED) is 0.729. The van der Waals surface area contributed by atoms with Crippen molar-refractivity contribution in [3.63, 3.8) is 0 Å². The number of halogens is 1. The van der Waals surface area contributed by atoms with Crippen molar-refractivity contribution >= 4 is 28.7 Å². The van der Waals surface area contributed by atoms with Gasteiger partial charge in [0.1, 0.15) is 23.3 Å². The number of carbonyl (C=O) groups excluding carboxylic acids is 1. The van der Waals surface area contributed by atoms with Crippen molar-refractivity contribution in [3.05, 3.63) is 63.8 Å². The molecule has 0 fully saturated rings. The monoisotopic (exact) mass is 297 g/mol. The first-order valence-electron chi connectivity index (χ1n) is 6.59. The molecule has 3 rings (SSSR count). The summed E-state index contributed by atoms with van der Waals surface area (Å²) in [5.41, 5.74) is 2.63. The Morgan fingerprint density at radius 3 is 2.64 bits per heavy atom. The first kappa shape index (κ1) is 13.9. The van der Waals surface area contributed by atoms with Crippen LogP contribution in [-0.4, -0.2) is 16.3 Å². The van der Waals surface area contributed by atoms with Crippen LogP contribution in [0.15, 0.2) is 41.2 Å². The predicted octanol–water partition coefficient (Wildman–Crippen LogP) is 2.93. The minimum Gasteiger partial charge on any atom is -0.354 e. The fraction of sp³-hybridized carbons (Fsp3) is 0.0625. The van der Waals surface area contributed by atoms with Crippen LogP contribution in [0.25, 0.3) is 11.0 Å². The summed E-state index contributed by atoms with van der Waals surface area (Å²) < 4.78 is 13.0. The highest BCUT2D eigenvalue weighted by atomic mass is 19.1. The van der Waals surface area contributed by atoms with Gasteiger partial charge in [0, 0.05) is 11.3 Å². The van der Waals surface area contributed by atoms with Gasteiger partial charge in [-0.05, 0) is 43.3 Å². The molecule has 0 amide bonds. The smallest absolute Gasteiger partial charge is 0.269 e. The first-order valence-corrected chi connectivity index (χ1v) is 6.59. The van der Waals surface area contributed by atoms with E-state index < -0.39 is 0 Å². The average molecular weight is 297 g/mol. The fourth-order valence-electron chi connectivity index (χ4n) is 2.16. The Morgan fingerprint density at radius 1 is 1.23 bits per heavy atom. The van der Waals surface area contributed by atoms with Crippen LogP contribution in [0.5, 0.6) is 0 Å². The van der Waals surface area contributed by atoms with Gasteiger partial charge in [-0.3, -0.25) is 9.59 Å². The molecule has 1 aromatic heterocycles. The predicted molar refractivity (Wildman–Crippen MR) is 82.2 cm³/mol. The van der Waals surface area contributed by atoms with E-state index in [0.29, 0.717) is 40.0 Å². The van der Waals surface area contributed by atoms with Crippen LogP contribution >= 0.6 is 0 Å². The lowest BCUT2D eigenvalue weighted by Crippen LogP contribution is -2.12. The van der Waals surface area contributed by atoms with E-state index in [1.54, 1.807) is 31.2 Å². The first-order chi connectivity index (χ1) is 10.6. The van der Waals surface area contributed by atoms with Crippen LogP contribution in [-0.2, 0) is 0 Å². The Balaban J connectivity index is 2.17. The van der Waals surface area contributed by atoms with E-state index in [2.05, 4.69) is 15.3 Å². The van der Waals surface area contributed by atoms with Crippen LogP contribution in [0.1, 0.15) is 16.1 Å². The molecule has 0 saturated heterocycles. The van der Waals surface area contributed by atoms with Crippen molar-refractivity contribution in [2.75, 3.05) is 5.32 Å². The molecular formula is C16H12FN3O2. The fourth-order valence-corrected chi connectivity index (χ4v) is 2.16. The standard InChI is InChI=1S/C16H12FN3O2/c1-9-16(22)20-14-7-10(8-21)6-13(15(14)18-9)19-12-4-2-11(17)3-5-12/h2-8,19H,1H3,(H,20,22). The molecule has 5 nitrogen and oxygen atoms in total. The minimum atomic E-state index is -0.338. The van der Waals surface area contributed by atoms with E-state index in [1.165, 1.54) is 12.1 Å². The lowest BCUT2D eigenvalue weighted by atomic mass is 10.1. The van der Waals surface area contributed by atoms with Crippen LogP contribution in [0.4, 0.5) is 15.8 Å². The summed E-state index contributed by atoms with van der Waals surface area (Å²) in [6, 6.07) is 9.00. The lowest BCUT2D eigenvalue weighted by Gasteiger charge is -2.10. The number of fused-ring (bicyclic) bond motifs is 1. The van der Waals surface area contributed by atoms with E-state index in [0.717, 1.165) is 0 Å². The van der Waals surface area contributed by atoms with E-state index >= 15 is 0 Å². The Morgan fingerprint density at radius 2 is 1.95 bits per heavy atom. The number of hydrogen-bond donors (Lipinski definition) is 2. The normalized spacial score (nSPS) is 10.6. The number of rotatable bonds is 3. The van der Waals surface area contributed by atoms with E-state index in [9.17, 15) is 14.0 Å². The summed E-state index contributed by atoms with van der Waals surface area (Å²) in [7, 11) is 0. The molecule has 1 heterocycles. The summed E-state index contributed by atoms with van der Waals surface area (Å²) in [5, 5.41) is 3.09. The zero-order valence-corrected chi connectivity index (χ0v) is 11.7. The van der Waals surface area contributed by atoms with Crippen molar-refractivity contribution in [1.29, 1.82) is 0 Å². The number of aromatic nitrogens is 2. The summed E-state index contributed by atoms with van der Waals surface area (Å²) in [6.45, 7) is 1.60. The second-order valence-electron chi connectivity index (χ2n) is 4.87. The molecule has 0 spiro atoms. The number of benzene rings is 2. The second-order valence-corrected chi connectivity index (χ2v) is 4.87. The molecule has 0 aliphatic carbocycles. The van der Waals surface area contributed by atoms with E-state index in [4.69, 9.17) is 0 Å². The Labute approximate surface area is 124 Å². The molecule has 3 aromatic rings. The molecule has 0 unspecified atom stereocenters. The highest BCUT2D eigenvalue weighted by molar-refractivity contribution is 5.95. The number of hydrogen-bond acceptors (Lipinski definition) is 4. The Kier molecular flexibility index (Phi) is 3.42. The maximum atomic E-state index is 13.0.